The lowest BCUT2D eigenvalue weighted by atomic mass is 10.0. The van der Waals surface area contributed by atoms with Crippen molar-refractivity contribution in [2.45, 2.75) is 6.61 Å². The summed E-state index contributed by atoms with van der Waals surface area (Å²) in [4.78, 5) is 16.4. The van der Waals surface area contributed by atoms with Gasteiger partial charge in [0.15, 0.2) is 22.9 Å². The third-order valence-corrected chi connectivity index (χ3v) is 3.75. The highest BCUT2D eigenvalue weighted by Crippen LogP contribution is 2.51. The zero-order valence-electron chi connectivity index (χ0n) is 13.1. The number of thioether (sulfide) groups is 1. The fourth-order valence-electron chi connectivity index (χ4n) is 2.26. The first kappa shape index (κ1) is 16.8. The van der Waals surface area contributed by atoms with Gasteiger partial charge >= 0.3 is 5.97 Å². The summed E-state index contributed by atoms with van der Waals surface area (Å²) in [6.45, 7) is 0.0560. The van der Waals surface area contributed by atoms with E-state index in [4.69, 9.17) is 24.2 Å². The number of carbonyl (C=O) groups excluding carboxylic acids is 1. The van der Waals surface area contributed by atoms with Crippen LogP contribution >= 0.6 is 11.8 Å². The van der Waals surface area contributed by atoms with E-state index in [0.717, 1.165) is 0 Å². The van der Waals surface area contributed by atoms with Gasteiger partial charge in [-0.25, -0.2) is 9.79 Å². The average Bonchev–Trinajstić information content (AvgIpc) is 2.95. The van der Waals surface area contributed by atoms with Gasteiger partial charge < -0.3 is 18.9 Å². The molecule has 2 rings (SSSR count). The van der Waals surface area contributed by atoms with Gasteiger partial charge in [-0.2, -0.15) is 5.26 Å². The zero-order valence-corrected chi connectivity index (χ0v) is 13.9. The van der Waals surface area contributed by atoms with Crippen LogP contribution in [0, 0.1) is 11.5 Å². The second-order valence-corrected chi connectivity index (χ2v) is 5.03. The molecule has 23 heavy (non-hydrogen) atoms. The van der Waals surface area contributed by atoms with E-state index in [1.807, 2.05) is 0 Å². The molecule has 0 radical (unpaired) electrons. The number of hydrogen-bond acceptors (Lipinski definition) is 8. The molecule has 1 aliphatic rings. The molecule has 8 nitrogen and oxygen atoms in total. The number of nitriles is 1. The first-order chi connectivity index (χ1) is 11.1. The summed E-state index contributed by atoms with van der Waals surface area (Å²) in [7, 11) is 4.36. The van der Waals surface area contributed by atoms with Gasteiger partial charge in [0.25, 0.3) is 0 Å². The summed E-state index contributed by atoms with van der Waals surface area (Å²) < 4.78 is 21.2. The highest BCUT2D eigenvalue weighted by atomic mass is 32.2. The first-order valence-corrected chi connectivity index (χ1v) is 7.65. The fraction of sp³-hybridized carbons (Fsp3) is 0.357. The topological polar surface area (TPSA) is 102 Å². The second-order valence-electron chi connectivity index (χ2n) is 4.24. The molecule has 0 bridgehead atoms. The van der Waals surface area contributed by atoms with Crippen LogP contribution in [-0.2, 0) is 11.3 Å². The van der Waals surface area contributed by atoms with Crippen molar-refractivity contribution in [2.75, 3.05) is 27.6 Å². The Labute approximate surface area is 137 Å². The van der Waals surface area contributed by atoms with E-state index in [-0.39, 0.29) is 23.6 Å². The number of carbonyl (C=O) groups is 1. The van der Waals surface area contributed by atoms with Gasteiger partial charge in [-0.05, 0) is 6.26 Å². The smallest absolute Gasteiger partial charge is 0.341 e. The molecular weight excluding hydrogens is 322 g/mol. The van der Waals surface area contributed by atoms with Crippen molar-refractivity contribution in [1.29, 1.82) is 5.26 Å². The third-order valence-electron chi connectivity index (χ3n) is 3.17. The number of fused-ring (bicyclic) bond motifs is 1. The number of cyclic esters (lactones) is 1. The van der Waals surface area contributed by atoms with E-state index in [9.17, 15) is 4.79 Å². The Morgan fingerprint density at radius 1 is 1.26 bits per heavy atom. The van der Waals surface area contributed by atoms with Crippen LogP contribution in [-0.4, -0.2) is 38.7 Å². The molecule has 1 aromatic rings. The molecule has 122 valence electrons. The number of nitrogens with one attached hydrogen (secondary N) is 1. The van der Waals surface area contributed by atoms with Gasteiger partial charge in [0.2, 0.25) is 5.75 Å². The number of rotatable bonds is 4. The van der Waals surface area contributed by atoms with Crippen LogP contribution in [0.1, 0.15) is 15.9 Å². The molecule has 1 aliphatic heterocycles. The summed E-state index contributed by atoms with van der Waals surface area (Å²) >= 11 is 1.22. The van der Waals surface area contributed by atoms with E-state index >= 15 is 0 Å². The Balaban J connectivity index is 2.82. The van der Waals surface area contributed by atoms with Crippen LogP contribution in [0.5, 0.6) is 17.2 Å². The molecule has 1 heterocycles. The lowest BCUT2D eigenvalue weighted by Gasteiger charge is -2.17. The summed E-state index contributed by atoms with van der Waals surface area (Å²) in [5.41, 5.74) is 1.01. The molecule has 0 spiro atoms. The maximum absolute atomic E-state index is 12.1. The lowest BCUT2D eigenvalue weighted by molar-refractivity contribution is 0.0534. The maximum Gasteiger partial charge on any atom is 0.341 e. The van der Waals surface area contributed by atoms with Crippen molar-refractivity contribution in [2.24, 2.45) is 4.99 Å². The molecule has 0 saturated heterocycles. The molecule has 0 saturated carbocycles. The number of methoxy groups -OCH3 is 3. The van der Waals surface area contributed by atoms with Crippen LogP contribution in [0.15, 0.2) is 4.99 Å². The van der Waals surface area contributed by atoms with Gasteiger partial charge in [-0.15, -0.1) is 0 Å². The van der Waals surface area contributed by atoms with Crippen molar-refractivity contribution in [3.05, 3.63) is 11.1 Å². The lowest BCUT2D eigenvalue weighted by Crippen LogP contribution is -2.13. The Hall–Kier alpha value is -2.60. The standard InChI is InChI=1S/C14H15N3O5S/c1-19-10-7-5-22-13(18)8(7)9(11(20-2)12(10)21-3)17-14(23-4)16-6-15/h5H2,1-4H3,(H,16,17). The molecule has 0 atom stereocenters. The van der Waals surface area contributed by atoms with Crippen molar-refractivity contribution < 1.29 is 23.7 Å². The van der Waals surface area contributed by atoms with Crippen molar-refractivity contribution in [3.8, 4) is 23.4 Å². The summed E-state index contributed by atoms with van der Waals surface area (Å²) in [6.07, 6.45) is 3.54. The van der Waals surface area contributed by atoms with Gasteiger partial charge in [0, 0.05) is 0 Å². The van der Waals surface area contributed by atoms with Crippen LogP contribution in [0.2, 0.25) is 0 Å². The third kappa shape index (κ3) is 2.85. The van der Waals surface area contributed by atoms with Gasteiger partial charge in [0.1, 0.15) is 12.3 Å². The predicted molar refractivity (Wildman–Crippen MR) is 84.6 cm³/mol. The second kappa shape index (κ2) is 7.11. The van der Waals surface area contributed by atoms with E-state index in [1.54, 1.807) is 12.4 Å². The molecule has 0 unspecified atom stereocenters. The molecule has 0 amide bonds. The normalized spacial score (nSPS) is 13.0. The van der Waals surface area contributed by atoms with Crippen LogP contribution in [0.4, 0.5) is 5.69 Å². The summed E-state index contributed by atoms with van der Waals surface area (Å²) in [5.74, 6) is 0.370. The highest BCUT2D eigenvalue weighted by molar-refractivity contribution is 8.13. The Bertz CT molecular complexity index is 712. The quantitative estimate of drug-likeness (QED) is 0.292. The Morgan fingerprint density at radius 2 is 1.91 bits per heavy atom. The van der Waals surface area contributed by atoms with Gasteiger partial charge in [0.05, 0.1) is 32.5 Å². The SMILES string of the molecule is COc1c2c(c(N=C(NC#N)SC)c(OC)c1OC)C(=O)OC2. The molecular formula is C14H15N3O5S. The summed E-state index contributed by atoms with van der Waals surface area (Å²) in [5, 5.41) is 11.5. The molecule has 0 fully saturated rings. The predicted octanol–water partition coefficient (Wildman–Crippen LogP) is 1.80. The fourth-order valence-corrected chi connectivity index (χ4v) is 2.59. The number of esters is 1. The van der Waals surface area contributed by atoms with Crippen molar-refractivity contribution in [3.63, 3.8) is 0 Å². The van der Waals surface area contributed by atoms with Crippen molar-refractivity contribution in [1.82, 2.24) is 5.32 Å². The van der Waals surface area contributed by atoms with Gasteiger partial charge in [-0.1, -0.05) is 11.8 Å². The van der Waals surface area contributed by atoms with E-state index < -0.39 is 5.97 Å². The van der Waals surface area contributed by atoms with Crippen LogP contribution in [0.25, 0.3) is 0 Å². The van der Waals surface area contributed by atoms with E-state index in [0.29, 0.717) is 22.2 Å². The molecule has 0 aromatic heterocycles. The first-order valence-electron chi connectivity index (χ1n) is 6.42. The molecule has 0 aliphatic carbocycles. The monoisotopic (exact) mass is 337 g/mol. The summed E-state index contributed by atoms with van der Waals surface area (Å²) in [6, 6.07) is 0. The largest absolute Gasteiger partial charge is 0.492 e. The Kier molecular flexibility index (Phi) is 5.18. The van der Waals surface area contributed by atoms with Gasteiger partial charge in [-0.3, -0.25) is 5.32 Å². The average molecular weight is 337 g/mol. The van der Waals surface area contributed by atoms with Crippen molar-refractivity contribution >= 4 is 28.6 Å². The molecule has 1 N–H and O–H groups in total. The number of benzene rings is 1. The number of aliphatic imine (C=N–C) groups is 1. The number of hydrogen-bond donors (Lipinski definition) is 1. The number of ether oxygens (including phenoxy) is 4. The van der Waals surface area contributed by atoms with E-state index in [1.165, 1.54) is 33.1 Å². The Morgan fingerprint density at radius 3 is 2.43 bits per heavy atom. The van der Waals surface area contributed by atoms with E-state index in [2.05, 4.69) is 10.3 Å². The molecule has 9 heteroatoms. The minimum atomic E-state index is -0.532. The van der Waals surface area contributed by atoms with Crippen LogP contribution < -0.4 is 19.5 Å². The minimum absolute atomic E-state index is 0.0560. The molecule has 1 aromatic carbocycles. The highest BCUT2D eigenvalue weighted by Gasteiger charge is 2.35. The minimum Gasteiger partial charge on any atom is -0.492 e. The maximum atomic E-state index is 12.1. The van der Waals surface area contributed by atoms with Crippen LogP contribution in [0.3, 0.4) is 0 Å². The zero-order chi connectivity index (χ0) is 17.0. The number of amidine groups is 1. The number of nitrogens with zero attached hydrogens (tertiary/aromatic N) is 2.